The first kappa shape index (κ1) is 19.4. The number of thiazole rings is 1. The van der Waals surface area contributed by atoms with E-state index >= 15 is 0 Å². The lowest BCUT2D eigenvalue weighted by atomic mass is 9.70. The van der Waals surface area contributed by atoms with Crippen LogP contribution in [0.3, 0.4) is 0 Å². The van der Waals surface area contributed by atoms with Gasteiger partial charge >= 0.3 is 0 Å². The first-order valence-corrected chi connectivity index (χ1v) is 11.6. The minimum atomic E-state index is -4.12. The van der Waals surface area contributed by atoms with Gasteiger partial charge in [0.25, 0.3) is 10.1 Å². The molecule has 1 aromatic heterocycles. The lowest BCUT2D eigenvalue weighted by Gasteiger charge is -2.37. The van der Waals surface area contributed by atoms with Gasteiger partial charge in [0, 0.05) is 22.1 Å². The van der Waals surface area contributed by atoms with Gasteiger partial charge in [-0.15, -0.1) is 11.3 Å². The molecule has 3 N–H and O–H groups in total. The molecule has 2 aliphatic carbocycles. The van der Waals surface area contributed by atoms with Crippen molar-refractivity contribution >= 4 is 32.3 Å². The van der Waals surface area contributed by atoms with Crippen molar-refractivity contribution < 1.29 is 18.1 Å². The summed E-state index contributed by atoms with van der Waals surface area (Å²) in [5, 5.41) is 16.6. The van der Waals surface area contributed by atoms with Gasteiger partial charge in [-0.2, -0.15) is 13.5 Å². The van der Waals surface area contributed by atoms with E-state index in [1.807, 2.05) is 11.4 Å². The highest BCUT2D eigenvalue weighted by molar-refractivity contribution is 7.85. The molecule has 2 fully saturated rings. The second-order valence-electron chi connectivity index (χ2n) is 8.23. The number of hydrogen-bond donors (Lipinski definition) is 3. The minimum Gasteiger partial charge on any atom is -0.508 e. The molecule has 7 nitrogen and oxygen atoms in total. The Hall–Kier alpha value is -1.97. The van der Waals surface area contributed by atoms with Crippen LogP contribution in [0.2, 0.25) is 0 Å². The molecule has 0 aliphatic heterocycles. The molecule has 150 valence electrons. The molecule has 1 aromatic carbocycles. The number of rotatable bonds is 5. The molecule has 2 bridgehead atoms. The van der Waals surface area contributed by atoms with Crippen molar-refractivity contribution in [2.45, 2.75) is 33.1 Å². The third-order valence-corrected chi connectivity index (χ3v) is 8.13. The average molecular weight is 422 g/mol. The first-order chi connectivity index (χ1) is 13.1. The van der Waals surface area contributed by atoms with Crippen LogP contribution in [0.4, 0.5) is 5.13 Å². The number of hydrogen-bond acceptors (Lipinski definition) is 7. The van der Waals surface area contributed by atoms with Crippen molar-refractivity contribution in [2.24, 2.45) is 21.8 Å². The van der Waals surface area contributed by atoms with Gasteiger partial charge in [-0.05, 0) is 42.7 Å². The number of benzene rings is 1. The molecule has 1 heterocycles. The maximum atomic E-state index is 11.7. The van der Waals surface area contributed by atoms with E-state index in [2.05, 4.69) is 29.4 Å². The van der Waals surface area contributed by atoms with Crippen molar-refractivity contribution in [3.63, 3.8) is 0 Å². The molecule has 0 spiro atoms. The van der Waals surface area contributed by atoms with Crippen molar-refractivity contribution in [3.8, 4) is 17.0 Å². The molecule has 2 unspecified atom stereocenters. The Balaban J connectivity index is 1.60. The number of hydrazone groups is 1. The Morgan fingerprint density at radius 3 is 2.86 bits per heavy atom. The normalized spacial score (nSPS) is 27.4. The van der Waals surface area contributed by atoms with Crippen LogP contribution in [-0.4, -0.2) is 34.5 Å². The summed E-state index contributed by atoms with van der Waals surface area (Å²) < 4.78 is 33.0. The van der Waals surface area contributed by atoms with Crippen LogP contribution in [0.15, 0.2) is 34.7 Å². The van der Waals surface area contributed by atoms with E-state index in [0.717, 1.165) is 29.8 Å². The molecular formula is C19H23N3O4S2. The lowest BCUT2D eigenvalue weighted by molar-refractivity contribution is 0.193. The van der Waals surface area contributed by atoms with Crippen molar-refractivity contribution in [1.82, 2.24) is 4.98 Å². The van der Waals surface area contributed by atoms with Crippen molar-refractivity contribution in [2.75, 3.05) is 11.2 Å². The van der Waals surface area contributed by atoms with Crippen LogP contribution >= 0.6 is 11.3 Å². The third kappa shape index (κ3) is 3.21. The van der Waals surface area contributed by atoms with Gasteiger partial charge in [0.05, 0.1) is 11.4 Å². The second kappa shape index (κ2) is 6.53. The van der Waals surface area contributed by atoms with Gasteiger partial charge in [0.1, 0.15) is 5.75 Å². The number of nitrogens with one attached hydrogen (secondary N) is 1. The maximum absolute atomic E-state index is 11.7. The Bertz CT molecular complexity index is 1040. The number of nitrogens with zero attached hydrogens (tertiary/aromatic N) is 2. The molecule has 0 radical (unpaired) electrons. The van der Waals surface area contributed by atoms with Gasteiger partial charge in [0.2, 0.25) is 5.13 Å². The van der Waals surface area contributed by atoms with Crippen LogP contribution in [0, 0.1) is 16.7 Å². The highest BCUT2D eigenvalue weighted by atomic mass is 32.2. The molecule has 4 rings (SSSR count). The first-order valence-electron chi connectivity index (χ1n) is 9.14. The standard InChI is InChI=1S/C19H23N3O4S2/c1-18(2)13-6-7-19(18,11-28(24,25)26)16(9-13)21-22-17-20-15(10-27-17)12-4-3-5-14(23)8-12/h3-5,8,10,13,23H,6-7,9,11H2,1-2H3,(H,20,22)(H,24,25,26). The summed E-state index contributed by atoms with van der Waals surface area (Å²) in [7, 11) is -4.12. The van der Waals surface area contributed by atoms with Gasteiger partial charge in [0.15, 0.2) is 0 Å². The fourth-order valence-corrected chi connectivity index (χ4v) is 6.81. The molecule has 2 saturated carbocycles. The molecule has 9 heteroatoms. The summed E-state index contributed by atoms with van der Waals surface area (Å²) in [6.45, 7) is 4.14. The maximum Gasteiger partial charge on any atom is 0.265 e. The SMILES string of the molecule is CC1(C)C2CCC1(CS(=O)(=O)O)C(=NNc1nc(-c3cccc(O)c3)cs1)C2. The molecular weight excluding hydrogens is 398 g/mol. The monoisotopic (exact) mass is 421 g/mol. The van der Waals surface area contributed by atoms with Gasteiger partial charge < -0.3 is 5.11 Å². The number of fused-ring (bicyclic) bond motifs is 2. The van der Waals surface area contributed by atoms with Crippen molar-refractivity contribution in [3.05, 3.63) is 29.6 Å². The van der Waals surface area contributed by atoms with Crippen LogP contribution in [0.5, 0.6) is 5.75 Å². The number of aromatic hydroxyl groups is 1. The van der Waals surface area contributed by atoms with Crippen LogP contribution in [0.25, 0.3) is 11.3 Å². The lowest BCUT2D eigenvalue weighted by Crippen LogP contribution is -2.42. The zero-order chi connectivity index (χ0) is 20.2. The highest BCUT2D eigenvalue weighted by Crippen LogP contribution is 2.64. The van der Waals surface area contributed by atoms with E-state index < -0.39 is 15.5 Å². The molecule has 28 heavy (non-hydrogen) atoms. The van der Waals surface area contributed by atoms with Gasteiger partial charge in [-0.3, -0.25) is 9.98 Å². The van der Waals surface area contributed by atoms with E-state index in [1.165, 1.54) is 11.3 Å². The predicted molar refractivity (Wildman–Crippen MR) is 110 cm³/mol. The summed E-state index contributed by atoms with van der Waals surface area (Å²) in [5.41, 5.74) is 4.42. The minimum absolute atomic E-state index is 0.177. The van der Waals surface area contributed by atoms with Crippen LogP contribution in [-0.2, 0) is 10.1 Å². The van der Waals surface area contributed by atoms with Crippen molar-refractivity contribution in [1.29, 1.82) is 0 Å². The van der Waals surface area contributed by atoms with Gasteiger partial charge in [-0.1, -0.05) is 26.0 Å². The molecule has 2 aliphatic rings. The highest BCUT2D eigenvalue weighted by Gasteiger charge is 2.64. The van der Waals surface area contributed by atoms with E-state index in [4.69, 9.17) is 0 Å². The Labute approximate surface area is 168 Å². The average Bonchev–Trinajstić information content (AvgIpc) is 3.21. The van der Waals surface area contributed by atoms with E-state index in [9.17, 15) is 18.1 Å². The van der Waals surface area contributed by atoms with Crippen LogP contribution < -0.4 is 5.43 Å². The van der Waals surface area contributed by atoms with Crippen LogP contribution in [0.1, 0.15) is 33.1 Å². The number of anilines is 1. The Morgan fingerprint density at radius 2 is 2.18 bits per heavy atom. The van der Waals surface area contributed by atoms with Gasteiger partial charge in [-0.25, -0.2) is 4.98 Å². The summed E-state index contributed by atoms with van der Waals surface area (Å²) in [6.07, 6.45) is 2.37. The molecule has 0 amide bonds. The zero-order valence-electron chi connectivity index (χ0n) is 15.7. The molecule has 2 aromatic rings. The fraction of sp³-hybridized carbons (Fsp3) is 0.474. The molecule has 0 saturated heterocycles. The van der Waals surface area contributed by atoms with E-state index in [0.29, 0.717) is 17.5 Å². The number of aromatic nitrogens is 1. The topological polar surface area (TPSA) is 112 Å². The number of phenolic OH excluding ortho intramolecular Hbond substituents is 1. The second-order valence-corrected chi connectivity index (χ2v) is 10.5. The number of phenols is 1. The Kier molecular flexibility index (Phi) is 4.52. The van der Waals surface area contributed by atoms with E-state index in [-0.39, 0.29) is 16.9 Å². The summed E-state index contributed by atoms with van der Waals surface area (Å²) in [4.78, 5) is 4.50. The van der Waals surface area contributed by atoms with E-state index in [1.54, 1.807) is 18.2 Å². The molecule has 2 atom stereocenters. The largest absolute Gasteiger partial charge is 0.508 e. The summed E-state index contributed by atoms with van der Waals surface area (Å²) in [6, 6.07) is 6.87. The zero-order valence-corrected chi connectivity index (χ0v) is 17.3. The Morgan fingerprint density at radius 1 is 1.39 bits per heavy atom. The fourth-order valence-electron chi connectivity index (χ4n) is 4.84. The third-order valence-electron chi connectivity index (χ3n) is 6.53. The summed E-state index contributed by atoms with van der Waals surface area (Å²) in [5.74, 6) is 0.238. The quantitative estimate of drug-likeness (QED) is 0.497. The summed E-state index contributed by atoms with van der Waals surface area (Å²) >= 11 is 1.39. The smallest absolute Gasteiger partial charge is 0.265 e. The predicted octanol–water partition coefficient (Wildman–Crippen LogP) is 4.00.